The van der Waals surface area contributed by atoms with Crippen molar-refractivity contribution >= 4 is 5.97 Å². The molecule has 2 aromatic heterocycles. The first-order chi connectivity index (χ1) is 13.9. The molecular formula is C23H26N2O4. The largest absolute Gasteiger partial charge is 0.481 e. The van der Waals surface area contributed by atoms with Crippen LogP contribution in [0.5, 0.6) is 5.88 Å². The van der Waals surface area contributed by atoms with E-state index in [-0.39, 0.29) is 5.92 Å². The molecule has 29 heavy (non-hydrogen) atoms. The molecule has 152 valence electrons. The number of carboxylic acids is 1. The number of carbonyl (C=O) groups is 1. The summed E-state index contributed by atoms with van der Waals surface area (Å²) in [5, 5.41) is 9.32. The molecule has 0 fully saturated rings. The second-order valence-corrected chi connectivity index (χ2v) is 7.38. The molecule has 0 radical (unpaired) electrons. The minimum Gasteiger partial charge on any atom is -0.481 e. The molecule has 2 heterocycles. The molecule has 0 aliphatic heterocycles. The number of hydrogen-bond acceptors (Lipinski definition) is 5. The molecule has 0 spiro atoms. The lowest BCUT2D eigenvalue weighted by Gasteiger charge is -2.16. The fraction of sp³-hybridized carbons (Fsp3) is 0.348. The maximum Gasteiger partial charge on any atom is 0.307 e. The Morgan fingerprint density at radius 3 is 2.55 bits per heavy atom. The van der Waals surface area contributed by atoms with Crippen LogP contribution in [0.2, 0.25) is 0 Å². The summed E-state index contributed by atoms with van der Waals surface area (Å²) in [6.07, 6.45) is 2.75. The van der Waals surface area contributed by atoms with Gasteiger partial charge in [-0.1, -0.05) is 38.1 Å². The van der Waals surface area contributed by atoms with Crippen LogP contribution in [0.15, 0.2) is 53.1 Å². The average molecular weight is 394 g/mol. The zero-order chi connectivity index (χ0) is 20.8. The van der Waals surface area contributed by atoms with Gasteiger partial charge in [0, 0.05) is 24.2 Å². The van der Waals surface area contributed by atoms with Gasteiger partial charge in [0.05, 0.1) is 18.2 Å². The smallest absolute Gasteiger partial charge is 0.307 e. The molecule has 0 saturated heterocycles. The number of rotatable bonds is 9. The van der Waals surface area contributed by atoms with Gasteiger partial charge in [0.25, 0.3) is 0 Å². The van der Waals surface area contributed by atoms with Crippen LogP contribution in [0.25, 0.3) is 11.5 Å². The first-order valence-electron chi connectivity index (χ1n) is 9.76. The van der Waals surface area contributed by atoms with E-state index in [2.05, 4.69) is 9.97 Å². The Morgan fingerprint density at radius 2 is 1.93 bits per heavy atom. The highest BCUT2D eigenvalue weighted by Gasteiger charge is 2.21. The average Bonchev–Trinajstić information content (AvgIpc) is 3.08. The maximum atomic E-state index is 11.3. The van der Waals surface area contributed by atoms with Gasteiger partial charge in [-0.05, 0) is 37.0 Å². The van der Waals surface area contributed by atoms with Crippen molar-refractivity contribution in [1.29, 1.82) is 0 Å². The van der Waals surface area contributed by atoms with Crippen LogP contribution in [0.4, 0.5) is 0 Å². The molecule has 0 aliphatic carbocycles. The van der Waals surface area contributed by atoms with E-state index >= 15 is 0 Å². The Kier molecular flexibility index (Phi) is 6.65. The van der Waals surface area contributed by atoms with Crippen LogP contribution < -0.4 is 4.74 Å². The number of ether oxygens (including phenoxy) is 1. The number of pyridine rings is 1. The Labute approximate surface area is 170 Å². The molecule has 1 N–H and O–H groups in total. The van der Waals surface area contributed by atoms with E-state index in [1.807, 2.05) is 57.2 Å². The highest BCUT2D eigenvalue weighted by Crippen LogP contribution is 2.22. The van der Waals surface area contributed by atoms with Crippen molar-refractivity contribution in [3.05, 3.63) is 65.7 Å². The quantitative estimate of drug-likeness (QED) is 0.572. The minimum atomic E-state index is -0.779. The zero-order valence-corrected chi connectivity index (χ0v) is 17.0. The van der Waals surface area contributed by atoms with Crippen molar-refractivity contribution in [3.63, 3.8) is 0 Å². The first-order valence-corrected chi connectivity index (χ1v) is 9.76. The third kappa shape index (κ3) is 5.44. The summed E-state index contributed by atoms with van der Waals surface area (Å²) in [6, 6.07) is 13.4. The van der Waals surface area contributed by atoms with E-state index in [1.165, 1.54) is 0 Å². The second kappa shape index (κ2) is 9.37. The van der Waals surface area contributed by atoms with Crippen LogP contribution in [0.1, 0.15) is 30.9 Å². The summed E-state index contributed by atoms with van der Waals surface area (Å²) >= 11 is 0. The summed E-state index contributed by atoms with van der Waals surface area (Å²) in [5.74, 6) is 0.767. The summed E-state index contributed by atoms with van der Waals surface area (Å²) in [7, 11) is 0. The minimum absolute atomic E-state index is 0.0647. The molecule has 6 heteroatoms. The monoisotopic (exact) mass is 394 g/mol. The molecule has 3 aromatic rings. The number of hydrogen-bond donors (Lipinski definition) is 1. The third-order valence-electron chi connectivity index (χ3n) is 4.88. The molecule has 0 saturated carbocycles. The second-order valence-electron chi connectivity index (χ2n) is 7.38. The number of aryl methyl sites for hydroxylation is 1. The number of aromatic nitrogens is 2. The SMILES string of the molecule is Cc1oc(-c2ccccc2)nc1CCOc1ccc(CC(C(=O)O)C(C)C)cn1. The van der Waals surface area contributed by atoms with E-state index in [4.69, 9.17) is 9.15 Å². The van der Waals surface area contributed by atoms with Crippen LogP contribution in [-0.4, -0.2) is 27.7 Å². The molecule has 3 rings (SSSR count). The van der Waals surface area contributed by atoms with Crippen molar-refractivity contribution in [2.45, 2.75) is 33.6 Å². The van der Waals surface area contributed by atoms with Crippen LogP contribution >= 0.6 is 0 Å². The van der Waals surface area contributed by atoms with Gasteiger partial charge in [0.15, 0.2) is 0 Å². The summed E-state index contributed by atoms with van der Waals surface area (Å²) in [6.45, 7) is 6.16. The topological polar surface area (TPSA) is 85.5 Å². The van der Waals surface area contributed by atoms with E-state index in [9.17, 15) is 9.90 Å². The molecule has 0 bridgehead atoms. The standard InChI is InChI=1S/C23H26N2O4/c1-15(2)19(23(26)27)13-17-9-10-21(24-14-17)28-12-11-20-16(3)29-22(25-20)18-7-5-4-6-8-18/h4-10,14-15,19H,11-13H2,1-3H3,(H,26,27). The summed E-state index contributed by atoms with van der Waals surface area (Å²) in [5.41, 5.74) is 2.70. The fourth-order valence-corrected chi connectivity index (χ4v) is 3.10. The summed E-state index contributed by atoms with van der Waals surface area (Å²) < 4.78 is 11.5. The van der Waals surface area contributed by atoms with Gasteiger partial charge in [-0.3, -0.25) is 4.79 Å². The number of carboxylic acid groups (broad SMARTS) is 1. The number of aliphatic carboxylic acids is 1. The lowest BCUT2D eigenvalue weighted by atomic mass is 9.90. The Bertz CT molecular complexity index is 933. The molecule has 0 aliphatic rings. The van der Waals surface area contributed by atoms with Crippen molar-refractivity contribution in [3.8, 4) is 17.3 Å². The number of benzene rings is 1. The van der Waals surface area contributed by atoms with E-state index in [0.717, 1.165) is 22.6 Å². The predicted molar refractivity (Wildman–Crippen MR) is 110 cm³/mol. The van der Waals surface area contributed by atoms with Gasteiger partial charge in [-0.25, -0.2) is 9.97 Å². The van der Waals surface area contributed by atoms with Crippen molar-refractivity contribution < 1.29 is 19.1 Å². The van der Waals surface area contributed by atoms with Gasteiger partial charge in [0.2, 0.25) is 11.8 Å². The predicted octanol–water partition coefficient (Wildman–Crippen LogP) is 4.57. The Morgan fingerprint density at radius 1 is 1.17 bits per heavy atom. The van der Waals surface area contributed by atoms with Crippen LogP contribution in [0.3, 0.4) is 0 Å². The molecule has 6 nitrogen and oxygen atoms in total. The van der Waals surface area contributed by atoms with E-state index < -0.39 is 11.9 Å². The third-order valence-corrected chi connectivity index (χ3v) is 4.88. The van der Waals surface area contributed by atoms with Gasteiger partial charge in [-0.2, -0.15) is 0 Å². The lowest BCUT2D eigenvalue weighted by Crippen LogP contribution is -2.22. The van der Waals surface area contributed by atoms with Gasteiger partial charge >= 0.3 is 5.97 Å². The Hall–Kier alpha value is -3.15. The maximum absolute atomic E-state index is 11.3. The number of oxazole rings is 1. The lowest BCUT2D eigenvalue weighted by molar-refractivity contribution is -0.143. The van der Waals surface area contributed by atoms with Crippen LogP contribution in [0, 0.1) is 18.8 Å². The Balaban J connectivity index is 1.55. The molecule has 1 atom stereocenters. The fourth-order valence-electron chi connectivity index (χ4n) is 3.10. The van der Waals surface area contributed by atoms with Gasteiger partial charge in [0.1, 0.15) is 5.76 Å². The molecular weight excluding hydrogens is 368 g/mol. The first kappa shape index (κ1) is 20.6. The molecule has 1 aromatic carbocycles. The molecule has 0 amide bonds. The van der Waals surface area contributed by atoms with Crippen molar-refractivity contribution in [1.82, 2.24) is 9.97 Å². The van der Waals surface area contributed by atoms with Crippen molar-refractivity contribution in [2.75, 3.05) is 6.61 Å². The van der Waals surface area contributed by atoms with Gasteiger partial charge in [-0.15, -0.1) is 0 Å². The molecule has 1 unspecified atom stereocenters. The normalized spacial score (nSPS) is 12.1. The number of nitrogens with zero attached hydrogens (tertiary/aromatic N) is 2. The zero-order valence-electron chi connectivity index (χ0n) is 17.0. The van der Waals surface area contributed by atoms with E-state index in [1.54, 1.807) is 12.3 Å². The highest BCUT2D eigenvalue weighted by molar-refractivity contribution is 5.70. The van der Waals surface area contributed by atoms with E-state index in [0.29, 0.717) is 31.2 Å². The van der Waals surface area contributed by atoms with Crippen LogP contribution in [-0.2, 0) is 17.6 Å². The highest BCUT2D eigenvalue weighted by atomic mass is 16.5. The summed E-state index contributed by atoms with van der Waals surface area (Å²) in [4.78, 5) is 20.2. The van der Waals surface area contributed by atoms with Crippen molar-refractivity contribution in [2.24, 2.45) is 11.8 Å². The van der Waals surface area contributed by atoms with Gasteiger partial charge < -0.3 is 14.3 Å².